The first-order valence-corrected chi connectivity index (χ1v) is 12.5. The Morgan fingerprint density at radius 1 is 1.19 bits per heavy atom. The van der Waals surface area contributed by atoms with Gasteiger partial charge in [0.2, 0.25) is 11.9 Å². The van der Waals surface area contributed by atoms with Gasteiger partial charge >= 0.3 is 0 Å². The van der Waals surface area contributed by atoms with Crippen LogP contribution in [0.25, 0.3) is 0 Å². The smallest absolute Gasteiger partial charge is 0.280 e. The van der Waals surface area contributed by atoms with E-state index in [2.05, 4.69) is 20.9 Å². The lowest BCUT2D eigenvalue weighted by Crippen LogP contribution is -2.48. The van der Waals surface area contributed by atoms with E-state index < -0.39 is 5.91 Å². The van der Waals surface area contributed by atoms with E-state index in [9.17, 15) is 14.4 Å². The molecule has 1 atom stereocenters. The molecule has 3 amide bonds. The number of hydrogen-bond donors (Lipinski definition) is 3. The molecule has 2 aromatic rings. The number of nitrogens with one attached hydrogen (secondary N) is 3. The monoisotopic (exact) mass is 509 g/mol. The van der Waals surface area contributed by atoms with E-state index in [1.54, 1.807) is 17.0 Å². The summed E-state index contributed by atoms with van der Waals surface area (Å²) in [6.07, 6.45) is 2.40. The predicted molar refractivity (Wildman–Crippen MR) is 137 cm³/mol. The van der Waals surface area contributed by atoms with Crippen LogP contribution in [0.1, 0.15) is 58.4 Å². The minimum atomic E-state index is -0.432. The lowest BCUT2D eigenvalue weighted by molar-refractivity contribution is -0.120. The summed E-state index contributed by atoms with van der Waals surface area (Å²) < 4.78 is 5.45. The van der Waals surface area contributed by atoms with Gasteiger partial charge in [0, 0.05) is 30.8 Å². The second-order valence-corrected chi connectivity index (χ2v) is 9.66. The van der Waals surface area contributed by atoms with Crippen LogP contribution in [-0.2, 0) is 9.53 Å². The summed E-state index contributed by atoms with van der Waals surface area (Å²) in [5.41, 5.74) is 3.33. The highest BCUT2D eigenvalue weighted by Gasteiger charge is 2.29. The van der Waals surface area contributed by atoms with E-state index in [0.29, 0.717) is 60.5 Å². The largest absolute Gasteiger partial charge is 0.377 e. The maximum atomic E-state index is 13.2. The van der Waals surface area contributed by atoms with Crippen LogP contribution in [0.5, 0.6) is 0 Å². The Labute approximate surface area is 214 Å². The van der Waals surface area contributed by atoms with Gasteiger partial charge in [-0.25, -0.2) is 0 Å². The third-order valence-corrected chi connectivity index (χ3v) is 6.97. The van der Waals surface area contributed by atoms with Gasteiger partial charge in [-0.3, -0.25) is 19.7 Å². The molecule has 1 unspecified atom stereocenters. The lowest BCUT2D eigenvalue weighted by atomic mass is 10.0. The SMILES string of the molecule is CC1COCCN1C(=O)c1cccc(Nc2ccc(C(=O)/N=C3\NCCC(=O)N3)cc2C2CC2)c1Cl. The molecule has 3 fully saturated rings. The Morgan fingerprint density at radius 3 is 2.78 bits per heavy atom. The lowest BCUT2D eigenvalue weighted by Gasteiger charge is -2.33. The first-order chi connectivity index (χ1) is 17.4. The second-order valence-electron chi connectivity index (χ2n) is 9.28. The average molecular weight is 510 g/mol. The van der Waals surface area contributed by atoms with Gasteiger partial charge in [0.15, 0.2) is 0 Å². The van der Waals surface area contributed by atoms with Crippen molar-refractivity contribution in [2.24, 2.45) is 4.99 Å². The van der Waals surface area contributed by atoms with Crippen molar-refractivity contribution >= 4 is 46.7 Å². The summed E-state index contributed by atoms with van der Waals surface area (Å²) in [5.74, 6) is -0.213. The fraction of sp³-hybridized carbons (Fsp3) is 0.385. The molecule has 188 valence electrons. The summed E-state index contributed by atoms with van der Waals surface area (Å²) >= 11 is 6.72. The Hall–Kier alpha value is -3.43. The summed E-state index contributed by atoms with van der Waals surface area (Å²) in [4.78, 5) is 43.4. The molecule has 0 aromatic heterocycles. The molecule has 1 aliphatic carbocycles. The number of amides is 3. The van der Waals surface area contributed by atoms with Gasteiger partial charge in [-0.05, 0) is 61.6 Å². The highest BCUT2D eigenvalue weighted by Crippen LogP contribution is 2.45. The molecule has 2 heterocycles. The zero-order chi connectivity index (χ0) is 25.2. The van der Waals surface area contributed by atoms with Gasteiger partial charge in [0.1, 0.15) is 0 Å². The summed E-state index contributed by atoms with van der Waals surface area (Å²) in [6.45, 7) is 3.95. The second kappa shape index (κ2) is 10.3. The number of benzene rings is 2. The minimum absolute atomic E-state index is 0.0220. The summed E-state index contributed by atoms with van der Waals surface area (Å²) in [5, 5.41) is 9.23. The molecule has 2 saturated heterocycles. The van der Waals surface area contributed by atoms with E-state index >= 15 is 0 Å². The van der Waals surface area contributed by atoms with Gasteiger partial charge < -0.3 is 20.3 Å². The molecule has 2 aromatic carbocycles. The van der Waals surface area contributed by atoms with Crippen molar-refractivity contribution in [3.63, 3.8) is 0 Å². The number of aliphatic imine (C=N–C) groups is 1. The van der Waals surface area contributed by atoms with Crippen molar-refractivity contribution in [2.75, 3.05) is 31.6 Å². The predicted octanol–water partition coefficient (Wildman–Crippen LogP) is 3.43. The van der Waals surface area contributed by atoms with Crippen molar-refractivity contribution < 1.29 is 19.1 Å². The molecule has 36 heavy (non-hydrogen) atoms. The number of hydrogen-bond acceptors (Lipinski definition) is 5. The maximum absolute atomic E-state index is 13.2. The molecule has 0 spiro atoms. The standard InChI is InChI=1S/C26H28ClN5O4/c1-15-14-36-12-11-32(15)25(35)18-3-2-4-21(23(18)27)29-20-8-7-17(13-19(20)16-5-6-16)24(34)31-26-28-10-9-22(33)30-26/h2-4,7-8,13,15-16,29H,5-6,9-12,14H2,1H3,(H2,28,30,31,33,34). The zero-order valence-electron chi connectivity index (χ0n) is 20.0. The van der Waals surface area contributed by atoms with Crippen LogP contribution in [0.4, 0.5) is 11.4 Å². The van der Waals surface area contributed by atoms with Crippen LogP contribution in [0, 0.1) is 0 Å². The molecule has 1 saturated carbocycles. The van der Waals surface area contributed by atoms with Crippen molar-refractivity contribution in [2.45, 2.75) is 38.1 Å². The molecule has 2 aliphatic heterocycles. The fourth-order valence-electron chi connectivity index (χ4n) is 4.43. The third kappa shape index (κ3) is 5.22. The Bertz CT molecular complexity index is 1240. The fourth-order valence-corrected chi connectivity index (χ4v) is 4.68. The Balaban J connectivity index is 1.38. The van der Waals surface area contributed by atoms with Crippen molar-refractivity contribution in [1.29, 1.82) is 0 Å². The van der Waals surface area contributed by atoms with Gasteiger partial charge in [-0.1, -0.05) is 17.7 Å². The van der Waals surface area contributed by atoms with E-state index in [0.717, 1.165) is 24.1 Å². The van der Waals surface area contributed by atoms with Gasteiger partial charge in [-0.15, -0.1) is 0 Å². The molecule has 3 N–H and O–H groups in total. The van der Waals surface area contributed by atoms with Gasteiger partial charge in [-0.2, -0.15) is 4.99 Å². The average Bonchev–Trinajstić information content (AvgIpc) is 3.71. The number of carbonyl (C=O) groups is 3. The van der Waals surface area contributed by atoms with Crippen LogP contribution in [0.15, 0.2) is 41.4 Å². The van der Waals surface area contributed by atoms with E-state index in [-0.39, 0.29) is 23.8 Å². The van der Waals surface area contributed by atoms with Crippen LogP contribution >= 0.6 is 11.6 Å². The van der Waals surface area contributed by atoms with Gasteiger partial charge in [0.05, 0.1) is 35.5 Å². The number of ether oxygens (including phenoxy) is 1. The van der Waals surface area contributed by atoms with Gasteiger partial charge in [0.25, 0.3) is 11.8 Å². The number of nitrogens with zero attached hydrogens (tertiary/aromatic N) is 2. The summed E-state index contributed by atoms with van der Waals surface area (Å²) in [6, 6.07) is 10.7. The topological polar surface area (TPSA) is 112 Å². The number of guanidine groups is 1. The molecular weight excluding hydrogens is 482 g/mol. The first-order valence-electron chi connectivity index (χ1n) is 12.2. The summed E-state index contributed by atoms with van der Waals surface area (Å²) in [7, 11) is 0. The van der Waals surface area contributed by atoms with E-state index in [1.165, 1.54) is 0 Å². The molecule has 9 nitrogen and oxygen atoms in total. The highest BCUT2D eigenvalue weighted by molar-refractivity contribution is 6.36. The first kappa shape index (κ1) is 24.3. The van der Waals surface area contributed by atoms with Crippen LogP contribution in [-0.4, -0.2) is 60.9 Å². The molecule has 5 rings (SSSR count). The molecular formula is C26H28ClN5O4. The number of halogens is 1. The highest BCUT2D eigenvalue weighted by atomic mass is 35.5. The van der Waals surface area contributed by atoms with Crippen molar-refractivity contribution in [3.8, 4) is 0 Å². The van der Waals surface area contributed by atoms with Crippen LogP contribution < -0.4 is 16.0 Å². The van der Waals surface area contributed by atoms with Crippen molar-refractivity contribution in [1.82, 2.24) is 15.5 Å². The minimum Gasteiger partial charge on any atom is -0.377 e. The van der Waals surface area contributed by atoms with E-state index in [1.807, 2.05) is 31.2 Å². The number of rotatable bonds is 5. The van der Waals surface area contributed by atoms with Crippen molar-refractivity contribution in [3.05, 3.63) is 58.1 Å². The number of morpholine rings is 1. The van der Waals surface area contributed by atoms with E-state index in [4.69, 9.17) is 16.3 Å². The maximum Gasteiger partial charge on any atom is 0.280 e. The number of anilines is 2. The molecule has 10 heteroatoms. The van der Waals surface area contributed by atoms with Crippen LogP contribution in [0.2, 0.25) is 5.02 Å². The van der Waals surface area contributed by atoms with Crippen LogP contribution in [0.3, 0.4) is 0 Å². The third-order valence-electron chi connectivity index (χ3n) is 6.56. The number of carbonyl (C=O) groups excluding carboxylic acids is 3. The Morgan fingerprint density at radius 2 is 2.03 bits per heavy atom. The quantitative estimate of drug-likeness (QED) is 0.569. The normalized spacial score (nSPS) is 21.1. The molecule has 0 radical (unpaired) electrons. The molecule has 0 bridgehead atoms. The Kier molecular flexibility index (Phi) is 6.93. The molecule has 3 aliphatic rings. The zero-order valence-corrected chi connectivity index (χ0v) is 20.7.